The van der Waals surface area contributed by atoms with Crippen molar-refractivity contribution in [3.8, 4) is 5.75 Å². The zero-order chi connectivity index (χ0) is 15.5. The standard InChI is InChI=1S/C15H23N3O3/c1-2-3-11-21-13-8-6-12(7-9-13)15(19)17-10-4-5-14(16)18-20/h6-9,20H,2-5,10-11H2,1H3,(H2,16,18)(H,17,19). The first kappa shape index (κ1) is 16.8. The van der Waals surface area contributed by atoms with E-state index >= 15 is 0 Å². The largest absolute Gasteiger partial charge is 0.494 e. The predicted octanol–water partition coefficient (Wildman–Crippen LogP) is 2.12. The van der Waals surface area contributed by atoms with Crippen LogP contribution in [0.4, 0.5) is 0 Å². The monoisotopic (exact) mass is 293 g/mol. The second-order valence-electron chi connectivity index (χ2n) is 4.68. The van der Waals surface area contributed by atoms with Gasteiger partial charge >= 0.3 is 0 Å². The van der Waals surface area contributed by atoms with Crippen LogP contribution in [-0.2, 0) is 0 Å². The molecule has 6 nitrogen and oxygen atoms in total. The van der Waals surface area contributed by atoms with Crippen LogP contribution in [0.2, 0.25) is 0 Å². The van der Waals surface area contributed by atoms with Gasteiger partial charge in [-0.1, -0.05) is 18.5 Å². The van der Waals surface area contributed by atoms with Gasteiger partial charge in [0, 0.05) is 18.5 Å². The topological polar surface area (TPSA) is 96.9 Å². The van der Waals surface area contributed by atoms with Gasteiger partial charge in [-0.25, -0.2) is 0 Å². The van der Waals surface area contributed by atoms with Gasteiger partial charge in [-0.05, 0) is 37.1 Å². The Hall–Kier alpha value is -2.24. The molecule has 0 saturated carbocycles. The molecule has 0 aliphatic rings. The summed E-state index contributed by atoms with van der Waals surface area (Å²) in [6, 6.07) is 7.06. The molecule has 0 atom stereocenters. The van der Waals surface area contributed by atoms with Gasteiger partial charge in [-0.3, -0.25) is 4.79 Å². The number of hydrogen-bond acceptors (Lipinski definition) is 4. The van der Waals surface area contributed by atoms with Gasteiger partial charge in [0.1, 0.15) is 11.6 Å². The van der Waals surface area contributed by atoms with Gasteiger partial charge in [0.05, 0.1) is 6.61 Å². The van der Waals surface area contributed by atoms with E-state index in [0.29, 0.717) is 31.6 Å². The number of amides is 1. The molecule has 0 aliphatic carbocycles. The molecule has 1 aromatic carbocycles. The van der Waals surface area contributed by atoms with Crippen LogP contribution in [0.5, 0.6) is 5.75 Å². The first-order chi connectivity index (χ1) is 10.2. The molecule has 4 N–H and O–H groups in total. The molecular formula is C15H23N3O3. The number of hydrogen-bond donors (Lipinski definition) is 3. The van der Waals surface area contributed by atoms with Crippen molar-refractivity contribution in [1.82, 2.24) is 5.32 Å². The summed E-state index contributed by atoms with van der Waals surface area (Å²) in [5, 5.41) is 14.0. The fraction of sp³-hybridized carbons (Fsp3) is 0.467. The van der Waals surface area contributed by atoms with Crippen LogP contribution in [0.15, 0.2) is 29.4 Å². The van der Waals surface area contributed by atoms with Gasteiger partial charge in [-0.2, -0.15) is 0 Å². The summed E-state index contributed by atoms with van der Waals surface area (Å²) >= 11 is 0. The van der Waals surface area contributed by atoms with Crippen LogP contribution in [0, 0.1) is 0 Å². The molecule has 116 valence electrons. The first-order valence-corrected chi connectivity index (χ1v) is 7.14. The van der Waals surface area contributed by atoms with Gasteiger partial charge in [0.15, 0.2) is 0 Å². The minimum atomic E-state index is -0.144. The number of nitrogens with two attached hydrogens (primary N) is 1. The smallest absolute Gasteiger partial charge is 0.251 e. The van der Waals surface area contributed by atoms with Crippen LogP contribution in [0.3, 0.4) is 0 Å². The number of amidine groups is 1. The molecule has 1 rings (SSSR count). The van der Waals surface area contributed by atoms with Crippen molar-refractivity contribution in [2.75, 3.05) is 13.2 Å². The molecule has 0 unspecified atom stereocenters. The Balaban J connectivity index is 2.34. The molecular weight excluding hydrogens is 270 g/mol. The Morgan fingerprint density at radius 1 is 1.33 bits per heavy atom. The Morgan fingerprint density at radius 3 is 2.67 bits per heavy atom. The Labute approximate surface area is 125 Å². The highest BCUT2D eigenvalue weighted by Crippen LogP contribution is 2.12. The van der Waals surface area contributed by atoms with Crippen LogP contribution < -0.4 is 15.8 Å². The number of benzene rings is 1. The van der Waals surface area contributed by atoms with E-state index in [4.69, 9.17) is 15.7 Å². The maximum absolute atomic E-state index is 11.9. The van der Waals surface area contributed by atoms with Crippen molar-refractivity contribution < 1.29 is 14.7 Å². The van der Waals surface area contributed by atoms with E-state index in [-0.39, 0.29) is 11.7 Å². The number of ether oxygens (including phenoxy) is 1. The molecule has 0 aromatic heterocycles. The highest BCUT2D eigenvalue weighted by molar-refractivity contribution is 5.94. The number of carbonyl (C=O) groups is 1. The summed E-state index contributed by atoms with van der Waals surface area (Å²) < 4.78 is 5.54. The van der Waals surface area contributed by atoms with Gasteiger partial charge in [0.2, 0.25) is 0 Å². The minimum absolute atomic E-state index is 0.144. The molecule has 0 fully saturated rings. The lowest BCUT2D eigenvalue weighted by Gasteiger charge is -2.07. The molecule has 21 heavy (non-hydrogen) atoms. The summed E-state index contributed by atoms with van der Waals surface area (Å²) in [5.41, 5.74) is 5.93. The zero-order valence-electron chi connectivity index (χ0n) is 12.3. The number of unbranched alkanes of at least 4 members (excludes halogenated alkanes) is 1. The molecule has 6 heteroatoms. The lowest BCUT2D eigenvalue weighted by Crippen LogP contribution is -2.25. The van der Waals surface area contributed by atoms with E-state index < -0.39 is 0 Å². The Bertz CT molecular complexity index is 458. The van der Waals surface area contributed by atoms with Gasteiger partial charge < -0.3 is 21.0 Å². The SMILES string of the molecule is CCCCOc1ccc(C(=O)NCCCC(N)=NO)cc1. The van der Waals surface area contributed by atoms with E-state index in [0.717, 1.165) is 18.6 Å². The number of oxime groups is 1. The molecule has 0 radical (unpaired) electrons. The second-order valence-corrected chi connectivity index (χ2v) is 4.68. The van der Waals surface area contributed by atoms with Crippen LogP contribution >= 0.6 is 0 Å². The number of nitrogens with one attached hydrogen (secondary N) is 1. The summed E-state index contributed by atoms with van der Waals surface area (Å²) in [6.07, 6.45) is 3.18. The third-order valence-electron chi connectivity index (χ3n) is 2.91. The molecule has 1 aromatic rings. The minimum Gasteiger partial charge on any atom is -0.494 e. The fourth-order valence-electron chi connectivity index (χ4n) is 1.66. The van der Waals surface area contributed by atoms with E-state index in [1.54, 1.807) is 24.3 Å². The van der Waals surface area contributed by atoms with Gasteiger partial charge in [0.25, 0.3) is 5.91 Å². The maximum atomic E-state index is 11.9. The maximum Gasteiger partial charge on any atom is 0.251 e. The van der Waals surface area contributed by atoms with Crippen LogP contribution in [-0.4, -0.2) is 30.1 Å². The fourth-order valence-corrected chi connectivity index (χ4v) is 1.66. The van der Waals surface area contributed by atoms with Crippen molar-refractivity contribution in [2.45, 2.75) is 32.6 Å². The van der Waals surface area contributed by atoms with E-state index in [1.165, 1.54) is 0 Å². The quantitative estimate of drug-likeness (QED) is 0.213. The first-order valence-electron chi connectivity index (χ1n) is 7.14. The molecule has 0 aliphatic heterocycles. The van der Waals surface area contributed by atoms with Crippen molar-refractivity contribution in [1.29, 1.82) is 0 Å². The van der Waals surface area contributed by atoms with E-state index in [2.05, 4.69) is 17.4 Å². The molecule has 0 spiro atoms. The van der Waals surface area contributed by atoms with Crippen molar-refractivity contribution in [2.24, 2.45) is 10.9 Å². The van der Waals surface area contributed by atoms with E-state index in [9.17, 15) is 4.79 Å². The number of rotatable bonds is 9. The third-order valence-corrected chi connectivity index (χ3v) is 2.91. The average molecular weight is 293 g/mol. The summed E-state index contributed by atoms with van der Waals surface area (Å²) in [6.45, 7) is 3.27. The number of nitrogens with zero attached hydrogens (tertiary/aromatic N) is 1. The lowest BCUT2D eigenvalue weighted by atomic mass is 10.2. The molecule has 0 bridgehead atoms. The van der Waals surface area contributed by atoms with Gasteiger partial charge in [-0.15, -0.1) is 0 Å². The van der Waals surface area contributed by atoms with Crippen LogP contribution in [0.1, 0.15) is 43.0 Å². The zero-order valence-corrected chi connectivity index (χ0v) is 12.3. The van der Waals surface area contributed by atoms with Crippen molar-refractivity contribution in [3.63, 3.8) is 0 Å². The normalized spacial score (nSPS) is 11.2. The predicted molar refractivity (Wildman–Crippen MR) is 81.8 cm³/mol. The van der Waals surface area contributed by atoms with Crippen LogP contribution in [0.25, 0.3) is 0 Å². The molecule has 0 saturated heterocycles. The summed E-state index contributed by atoms with van der Waals surface area (Å²) in [4.78, 5) is 11.9. The van der Waals surface area contributed by atoms with Crippen molar-refractivity contribution >= 4 is 11.7 Å². The summed E-state index contributed by atoms with van der Waals surface area (Å²) in [7, 11) is 0. The highest BCUT2D eigenvalue weighted by Gasteiger charge is 2.05. The molecule has 1 amide bonds. The van der Waals surface area contributed by atoms with Crippen molar-refractivity contribution in [3.05, 3.63) is 29.8 Å². The third kappa shape index (κ3) is 6.65. The highest BCUT2D eigenvalue weighted by atomic mass is 16.5. The second kappa shape index (κ2) is 9.63. The Morgan fingerprint density at radius 2 is 2.05 bits per heavy atom. The lowest BCUT2D eigenvalue weighted by molar-refractivity contribution is 0.0953. The number of carbonyl (C=O) groups excluding carboxylic acids is 1. The van der Waals surface area contributed by atoms with E-state index in [1.807, 2.05) is 0 Å². The Kier molecular flexibility index (Phi) is 7.71. The summed E-state index contributed by atoms with van der Waals surface area (Å²) in [5.74, 6) is 0.791. The average Bonchev–Trinajstić information content (AvgIpc) is 2.52. The molecule has 0 heterocycles.